The van der Waals surface area contributed by atoms with Gasteiger partial charge in [0.15, 0.2) is 0 Å². The van der Waals surface area contributed by atoms with Gasteiger partial charge in [-0.15, -0.1) is 0 Å². The quantitative estimate of drug-likeness (QED) is 0.0710. The molecular formula is C43H80BN9O8P2S3. The number of carbonyl (C=O) groups excluding carboxylic acids is 2. The van der Waals surface area contributed by atoms with Crippen LogP contribution in [-0.4, -0.2) is 242 Å². The Balaban J connectivity index is 0.000000297. The van der Waals surface area contributed by atoms with Crippen LogP contribution in [0, 0.1) is 0 Å². The first-order valence-electron chi connectivity index (χ1n) is 23.1. The van der Waals surface area contributed by atoms with Crippen LogP contribution in [-0.2, 0) is 37.7 Å². The van der Waals surface area contributed by atoms with Crippen LogP contribution < -0.4 is 0 Å². The van der Waals surface area contributed by atoms with Gasteiger partial charge in [-0.2, -0.15) is 12.6 Å². The Morgan fingerprint density at radius 3 is 1.71 bits per heavy atom. The first-order chi connectivity index (χ1) is 31.0. The predicted octanol–water partition coefficient (Wildman–Crippen LogP) is 4.76. The van der Waals surface area contributed by atoms with Crippen molar-refractivity contribution in [1.82, 2.24) is 43.3 Å². The van der Waals surface area contributed by atoms with E-state index in [4.69, 9.17) is 26.8 Å². The van der Waals surface area contributed by atoms with E-state index < -0.39 is 14.9 Å². The maximum absolute atomic E-state index is 14.0. The zero-order valence-corrected chi connectivity index (χ0v) is 45.9. The minimum Gasteiger partial charge on any atom is -0.380 e. The molecule has 23 heteroatoms. The number of amides is 2. The van der Waals surface area contributed by atoms with Gasteiger partial charge in [0.2, 0.25) is 26.7 Å². The Labute approximate surface area is 411 Å². The highest BCUT2D eigenvalue weighted by Crippen LogP contribution is 2.52. The molecule has 0 saturated carbocycles. The second-order valence-electron chi connectivity index (χ2n) is 19.7. The van der Waals surface area contributed by atoms with Crippen molar-refractivity contribution >= 4 is 68.8 Å². The molecule has 376 valence electrons. The van der Waals surface area contributed by atoms with E-state index in [0.29, 0.717) is 78.5 Å². The van der Waals surface area contributed by atoms with E-state index in [1.165, 1.54) is 0 Å². The molecule has 1 aromatic heterocycles. The molecule has 0 N–H and O–H groups in total. The lowest BCUT2D eigenvalue weighted by Gasteiger charge is -2.44. The zero-order chi connectivity index (χ0) is 48.9. The summed E-state index contributed by atoms with van der Waals surface area (Å²) in [7, 11) is 10.8. The Morgan fingerprint density at radius 1 is 0.773 bits per heavy atom. The van der Waals surface area contributed by atoms with Crippen LogP contribution >= 0.6 is 49.1 Å². The van der Waals surface area contributed by atoms with Crippen molar-refractivity contribution in [3.05, 3.63) is 24.4 Å². The molecule has 17 nitrogen and oxygen atoms in total. The Bertz CT molecular complexity index is 1740. The molecule has 5 heterocycles. The molecule has 5 rings (SSSR count). The normalized spacial score (nSPS) is 25.3. The summed E-state index contributed by atoms with van der Waals surface area (Å²) in [5.74, 6) is 1.09. The van der Waals surface area contributed by atoms with Crippen LogP contribution in [0.15, 0.2) is 29.4 Å². The number of ether oxygens (including phenoxy) is 4. The molecule has 0 aromatic carbocycles. The summed E-state index contributed by atoms with van der Waals surface area (Å²) < 4.78 is 59.0. The molecule has 1 aromatic rings. The summed E-state index contributed by atoms with van der Waals surface area (Å²) in [6.07, 6.45) is 2.48. The fraction of sp³-hybridized carbons (Fsp3) is 0.837. The lowest BCUT2D eigenvalue weighted by molar-refractivity contribution is -0.132. The molecule has 0 aliphatic carbocycles. The number of pyridine rings is 1. The van der Waals surface area contributed by atoms with Crippen molar-refractivity contribution in [2.24, 2.45) is 0 Å². The van der Waals surface area contributed by atoms with Crippen molar-refractivity contribution in [1.29, 1.82) is 0 Å². The summed E-state index contributed by atoms with van der Waals surface area (Å²) in [4.78, 5) is 37.2. The summed E-state index contributed by atoms with van der Waals surface area (Å²) >= 11 is 4.05. The zero-order valence-electron chi connectivity index (χ0n) is 41.6. The number of carbonyl (C=O) groups is 2. The number of aromatic nitrogens is 1. The Kier molecular flexibility index (Phi) is 23.3. The maximum atomic E-state index is 14.0. The van der Waals surface area contributed by atoms with Crippen molar-refractivity contribution in [3.8, 4) is 0 Å². The van der Waals surface area contributed by atoms with Gasteiger partial charge in [0.05, 0.1) is 37.3 Å². The number of nitrogens with zero attached hydrogens (tertiary/aromatic N) is 9. The second kappa shape index (κ2) is 26.6. The number of thiol groups is 1. The highest BCUT2D eigenvalue weighted by atomic mass is 33.1. The van der Waals surface area contributed by atoms with E-state index in [0.717, 1.165) is 30.4 Å². The SMILES string of the molecule is CC1CN(C(C)(C)C)CC(COCP(=O)(N(C)C)N2CCN(C(=O)CCSSc3ccccn3)CC2)O1.[B]C1CN(C(C)(C)C)CC(COCP(=O)(N(C)C)N2CCN(C(=O)CS)CC2)O1. The molecule has 66 heavy (non-hydrogen) atoms. The molecule has 0 bridgehead atoms. The van der Waals surface area contributed by atoms with E-state index in [9.17, 15) is 18.7 Å². The van der Waals surface area contributed by atoms with Gasteiger partial charge < -0.3 is 28.7 Å². The topological polar surface area (TPSA) is 144 Å². The lowest BCUT2D eigenvalue weighted by Crippen LogP contribution is -2.56. The van der Waals surface area contributed by atoms with Crippen molar-refractivity contribution in [2.45, 2.75) is 95.3 Å². The monoisotopic (exact) mass is 1020 g/mol. The molecule has 4 saturated heterocycles. The van der Waals surface area contributed by atoms with Gasteiger partial charge >= 0.3 is 0 Å². The highest BCUT2D eigenvalue weighted by Gasteiger charge is 2.40. The minimum atomic E-state index is -2.89. The van der Waals surface area contributed by atoms with E-state index in [1.807, 2.05) is 60.6 Å². The highest BCUT2D eigenvalue weighted by molar-refractivity contribution is 8.76. The maximum Gasteiger partial charge on any atom is 0.241 e. The minimum absolute atomic E-state index is 0.00268. The van der Waals surface area contributed by atoms with Crippen molar-refractivity contribution < 1.29 is 37.7 Å². The van der Waals surface area contributed by atoms with Gasteiger partial charge in [-0.1, -0.05) is 16.9 Å². The average molecular weight is 1020 g/mol. The number of piperazine rings is 2. The molecule has 6 unspecified atom stereocenters. The Morgan fingerprint density at radius 2 is 1.26 bits per heavy atom. The van der Waals surface area contributed by atoms with E-state index in [2.05, 4.69) is 75.9 Å². The van der Waals surface area contributed by atoms with Crippen LogP contribution in [0.4, 0.5) is 0 Å². The van der Waals surface area contributed by atoms with Gasteiger partial charge in [-0.25, -0.2) is 23.7 Å². The molecule has 4 aliphatic heterocycles. The fourth-order valence-electron chi connectivity index (χ4n) is 8.10. The average Bonchev–Trinajstić information content (AvgIpc) is 3.27. The molecule has 6 atom stereocenters. The van der Waals surface area contributed by atoms with Crippen LogP contribution in [0.25, 0.3) is 0 Å². The second-order valence-corrected chi connectivity index (χ2v) is 28.3. The van der Waals surface area contributed by atoms with Crippen LogP contribution in [0.1, 0.15) is 54.9 Å². The molecule has 2 amide bonds. The Hall–Kier alpha value is -0.735. The van der Waals surface area contributed by atoms with Gasteiger partial charge in [-0.05, 0) is 99.6 Å². The molecule has 4 fully saturated rings. The first kappa shape index (κ1) is 57.8. The van der Waals surface area contributed by atoms with Crippen LogP contribution in [0.3, 0.4) is 0 Å². The van der Waals surface area contributed by atoms with E-state index in [-0.39, 0.29) is 65.7 Å². The van der Waals surface area contributed by atoms with Gasteiger partial charge in [-0.3, -0.25) is 28.5 Å². The summed E-state index contributed by atoms with van der Waals surface area (Å²) in [5, 5.41) is 0.950. The lowest BCUT2D eigenvalue weighted by atomic mass is 9.94. The smallest absolute Gasteiger partial charge is 0.241 e. The van der Waals surface area contributed by atoms with Crippen LogP contribution in [0.2, 0.25) is 0 Å². The standard InChI is InChI=1S/C25H44N5O4PS2.C18H36BN4O4PS/c1-21-17-29(25(2,3)4)18-22(34-21)19-33-20-35(32,27(5)6)30-14-12-28(13-15-30)24(31)10-16-36-37-23-9-7-8-11-26-23;1-18(2,3)22-10-15(27-16(19)11-22)12-26-14-28(25,20(4)5)23-8-6-21(7-9-23)17(24)13-29/h7-9,11,21-22H,10,12-20H2,1-6H3;15-16,29H,6-14H2,1-5H3. The van der Waals surface area contributed by atoms with Gasteiger partial charge in [0, 0.05) is 114 Å². The molecular weight excluding hydrogens is 939 g/mol. The van der Waals surface area contributed by atoms with Crippen molar-refractivity contribution in [3.63, 3.8) is 0 Å². The fourth-order valence-corrected chi connectivity index (χ4v) is 14.3. The van der Waals surface area contributed by atoms with E-state index in [1.54, 1.807) is 42.0 Å². The number of morpholine rings is 2. The number of hydrogen-bond acceptors (Lipinski definition) is 14. The first-order valence-corrected chi connectivity index (χ1v) is 29.6. The van der Waals surface area contributed by atoms with Gasteiger partial charge in [0.1, 0.15) is 25.6 Å². The van der Waals surface area contributed by atoms with Gasteiger partial charge in [0.25, 0.3) is 0 Å². The number of hydrogen-bond donors (Lipinski definition) is 1. The van der Waals surface area contributed by atoms with Crippen molar-refractivity contribution in [2.75, 3.05) is 144 Å². The molecule has 2 radical (unpaired) electrons. The predicted molar refractivity (Wildman–Crippen MR) is 273 cm³/mol. The third kappa shape index (κ3) is 17.5. The van der Waals surface area contributed by atoms with E-state index >= 15 is 0 Å². The largest absolute Gasteiger partial charge is 0.380 e. The number of rotatable bonds is 18. The summed E-state index contributed by atoms with van der Waals surface area (Å²) in [6.45, 7) is 23.6. The molecule has 0 spiro atoms. The third-order valence-corrected chi connectivity index (χ3v) is 20.9. The third-order valence-electron chi connectivity index (χ3n) is 12.2. The summed E-state index contributed by atoms with van der Waals surface area (Å²) in [5.41, 5.74) is 0.0751. The summed E-state index contributed by atoms with van der Waals surface area (Å²) in [6, 6.07) is 5.47. The molecule has 4 aliphatic rings. The van der Waals surface area contributed by atoms with Crippen LogP contribution in [0.5, 0.6) is 0 Å².